The Morgan fingerprint density at radius 2 is 1.83 bits per heavy atom. The van der Waals surface area contributed by atoms with Gasteiger partial charge in [-0.25, -0.2) is 4.98 Å². The smallest absolute Gasteiger partial charge is 0.269 e. The van der Waals surface area contributed by atoms with Crippen molar-refractivity contribution in [3.63, 3.8) is 0 Å². The molecule has 5 rings (SSSR count). The van der Waals surface area contributed by atoms with Gasteiger partial charge in [0.05, 0.1) is 29.3 Å². The molecule has 0 saturated heterocycles. The lowest BCUT2D eigenvalue weighted by Gasteiger charge is -2.12. The number of benzene rings is 2. The van der Waals surface area contributed by atoms with Gasteiger partial charge < -0.3 is 4.74 Å². The topological polar surface area (TPSA) is 91.7 Å². The first kappa shape index (κ1) is 17.9. The lowest BCUT2D eigenvalue weighted by molar-refractivity contribution is -0.384. The third kappa shape index (κ3) is 2.47. The Morgan fingerprint density at radius 3 is 2.53 bits per heavy atom. The number of ether oxygens (including phenoxy) is 1. The predicted molar refractivity (Wildman–Crippen MR) is 114 cm³/mol. The number of nitro groups is 1. The summed E-state index contributed by atoms with van der Waals surface area (Å²) in [5.74, 6) is 0.620. The second-order valence-electron chi connectivity index (χ2n) is 6.99. The maximum atomic E-state index is 13.6. The molecule has 30 heavy (non-hydrogen) atoms. The highest BCUT2D eigenvalue weighted by Gasteiger charge is 2.19. The van der Waals surface area contributed by atoms with Crippen molar-refractivity contribution in [3.8, 4) is 11.4 Å². The summed E-state index contributed by atoms with van der Waals surface area (Å²) < 4.78 is 8.71. The van der Waals surface area contributed by atoms with Gasteiger partial charge in [0.1, 0.15) is 16.9 Å². The average Bonchev–Trinajstić information content (AvgIpc) is 3.12. The molecule has 0 N–H and O–H groups in total. The van der Waals surface area contributed by atoms with Gasteiger partial charge >= 0.3 is 0 Å². The Hall–Kier alpha value is -4.20. The van der Waals surface area contributed by atoms with Crippen LogP contribution >= 0.6 is 0 Å². The largest absolute Gasteiger partial charge is 0.495 e. The summed E-state index contributed by atoms with van der Waals surface area (Å²) in [6.07, 6.45) is 1.77. The first-order valence-corrected chi connectivity index (χ1v) is 9.24. The van der Waals surface area contributed by atoms with Crippen molar-refractivity contribution in [2.45, 2.75) is 6.92 Å². The fraction of sp³-hybridized carbons (Fsp3) is 0.0909. The third-order valence-electron chi connectivity index (χ3n) is 5.28. The second kappa shape index (κ2) is 6.41. The number of nitrogens with zero attached hydrogens (tertiary/aromatic N) is 4. The van der Waals surface area contributed by atoms with E-state index in [2.05, 4.69) is 0 Å². The number of hydrogen-bond donors (Lipinski definition) is 0. The van der Waals surface area contributed by atoms with E-state index in [0.717, 1.165) is 10.9 Å². The van der Waals surface area contributed by atoms with Crippen LogP contribution in [0.2, 0.25) is 0 Å². The van der Waals surface area contributed by atoms with Gasteiger partial charge in [0, 0.05) is 17.5 Å². The molecule has 3 aromatic heterocycles. The number of rotatable bonds is 3. The van der Waals surface area contributed by atoms with Crippen molar-refractivity contribution >= 4 is 33.3 Å². The fourth-order valence-electron chi connectivity index (χ4n) is 3.85. The zero-order valence-corrected chi connectivity index (χ0v) is 16.2. The number of aromatic nitrogens is 3. The van der Waals surface area contributed by atoms with Crippen molar-refractivity contribution in [2.24, 2.45) is 0 Å². The number of pyridine rings is 2. The van der Waals surface area contributed by atoms with Crippen LogP contribution < -0.4 is 10.3 Å². The molecule has 0 spiro atoms. The molecule has 148 valence electrons. The molecule has 0 unspecified atom stereocenters. The van der Waals surface area contributed by atoms with Crippen molar-refractivity contribution in [3.05, 3.63) is 86.8 Å². The number of methoxy groups -OCH3 is 1. The van der Waals surface area contributed by atoms with Crippen LogP contribution in [0.5, 0.6) is 5.75 Å². The Bertz CT molecular complexity index is 1530. The van der Waals surface area contributed by atoms with Crippen LogP contribution in [0.25, 0.3) is 33.3 Å². The molecule has 0 amide bonds. The molecule has 2 aromatic carbocycles. The summed E-state index contributed by atoms with van der Waals surface area (Å²) in [6.45, 7) is 1.95. The van der Waals surface area contributed by atoms with Crippen LogP contribution in [0.3, 0.4) is 0 Å². The highest BCUT2D eigenvalue weighted by molar-refractivity contribution is 6.06. The number of imidazole rings is 1. The van der Waals surface area contributed by atoms with Gasteiger partial charge in [-0.3, -0.25) is 23.9 Å². The Labute approximate surface area is 169 Å². The summed E-state index contributed by atoms with van der Waals surface area (Å²) in [4.78, 5) is 28.9. The second-order valence-corrected chi connectivity index (χ2v) is 6.99. The van der Waals surface area contributed by atoms with Gasteiger partial charge in [-0.1, -0.05) is 12.1 Å². The number of non-ortho nitro benzene ring substituents is 1. The van der Waals surface area contributed by atoms with E-state index in [9.17, 15) is 14.9 Å². The summed E-state index contributed by atoms with van der Waals surface area (Å²) in [5, 5.41) is 12.4. The zero-order chi connectivity index (χ0) is 21.0. The molecule has 8 nitrogen and oxygen atoms in total. The monoisotopic (exact) mass is 400 g/mol. The average molecular weight is 400 g/mol. The molecule has 0 aliphatic rings. The van der Waals surface area contributed by atoms with Crippen molar-refractivity contribution in [1.29, 1.82) is 0 Å². The van der Waals surface area contributed by atoms with Gasteiger partial charge in [0.25, 0.3) is 11.2 Å². The van der Waals surface area contributed by atoms with E-state index in [0.29, 0.717) is 33.6 Å². The Morgan fingerprint density at radius 1 is 1.07 bits per heavy atom. The standard InChI is InChI=1S/C22H16N4O4/c1-13-4-3-5-17-19(13)20-21(24-12-16(30-2)10-11-18(24)23-20)25(22(17)27)14-6-8-15(9-7-14)26(28)29/h3-12H,1-2H3. The van der Waals surface area contributed by atoms with Gasteiger partial charge in [-0.2, -0.15) is 0 Å². The van der Waals surface area contributed by atoms with E-state index in [-0.39, 0.29) is 11.2 Å². The van der Waals surface area contributed by atoms with Gasteiger partial charge in [-0.15, -0.1) is 0 Å². The van der Waals surface area contributed by atoms with Crippen LogP contribution in [0.1, 0.15) is 5.56 Å². The molecule has 0 atom stereocenters. The number of nitro benzene ring substituents is 1. The first-order chi connectivity index (χ1) is 14.5. The van der Waals surface area contributed by atoms with Crippen LogP contribution in [0.15, 0.2) is 65.6 Å². The third-order valence-corrected chi connectivity index (χ3v) is 5.28. The molecule has 0 saturated carbocycles. The van der Waals surface area contributed by atoms with E-state index in [1.54, 1.807) is 36.1 Å². The predicted octanol–water partition coefficient (Wildman–Crippen LogP) is 4.02. The summed E-state index contributed by atoms with van der Waals surface area (Å²) >= 11 is 0. The highest BCUT2D eigenvalue weighted by atomic mass is 16.6. The lowest BCUT2D eigenvalue weighted by Crippen LogP contribution is -2.20. The molecule has 0 radical (unpaired) electrons. The van der Waals surface area contributed by atoms with Crippen LogP contribution in [-0.4, -0.2) is 26.0 Å². The number of aryl methyl sites for hydroxylation is 1. The summed E-state index contributed by atoms with van der Waals surface area (Å²) in [6, 6.07) is 15.1. The van der Waals surface area contributed by atoms with Gasteiger partial charge in [0.2, 0.25) is 0 Å². The van der Waals surface area contributed by atoms with E-state index in [1.807, 2.05) is 35.6 Å². The van der Waals surface area contributed by atoms with Crippen LogP contribution in [0, 0.1) is 17.0 Å². The molecular weight excluding hydrogens is 384 g/mol. The Kier molecular flexibility index (Phi) is 3.82. The van der Waals surface area contributed by atoms with Crippen LogP contribution in [-0.2, 0) is 0 Å². The summed E-state index contributed by atoms with van der Waals surface area (Å²) in [7, 11) is 1.57. The molecular formula is C22H16N4O4. The fourth-order valence-corrected chi connectivity index (χ4v) is 3.85. The van der Waals surface area contributed by atoms with E-state index in [1.165, 1.54) is 12.1 Å². The minimum atomic E-state index is -0.467. The molecule has 3 heterocycles. The molecule has 0 bridgehead atoms. The minimum absolute atomic E-state index is 0.0421. The van der Waals surface area contributed by atoms with Crippen LogP contribution in [0.4, 0.5) is 5.69 Å². The molecule has 0 fully saturated rings. The van der Waals surface area contributed by atoms with Crippen molar-refractivity contribution in [1.82, 2.24) is 14.0 Å². The highest BCUT2D eigenvalue weighted by Crippen LogP contribution is 2.29. The lowest BCUT2D eigenvalue weighted by atomic mass is 10.1. The molecule has 8 heteroatoms. The zero-order valence-electron chi connectivity index (χ0n) is 16.2. The molecule has 5 aromatic rings. The normalized spacial score (nSPS) is 11.4. The minimum Gasteiger partial charge on any atom is -0.495 e. The number of hydrogen-bond acceptors (Lipinski definition) is 5. The quantitative estimate of drug-likeness (QED) is 0.337. The van der Waals surface area contributed by atoms with Gasteiger partial charge in [-0.05, 0) is 42.8 Å². The SMILES string of the molecule is COc1ccc2nc3c4c(C)cccc4c(=O)n(-c4ccc([N+](=O)[O-])cc4)c3n2c1. The van der Waals surface area contributed by atoms with Gasteiger partial charge in [0.15, 0.2) is 5.65 Å². The van der Waals surface area contributed by atoms with E-state index < -0.39 is 4.92 Å². The first-order valence-electron chi connectivity index (χ1n) is 9.24. The van der Waals surface area contributed by atoms with Crippen molar-refractivity contribution in [2.75, 3.05) is 7.11 Å². The van der Waals surface area contributed by atoms with Crippen molar-refractivity contribution < 1.29 is 9.66 Å². The maximum Gasteiger partial charge on any atom is 0.269 e. The summed E-state index contributed by atoms with van der Waals surface area (Å²) in [5.41, 5.74) is 3.11. The maximum absolute atomic E-state index is 13.6. The number of fused-ring (bicyclic) bond motifs is 5. The molecule has 0 aliphatic carbocycles. The molecule has 0 aliphatic heterocycles. The van der Waals surface area contributed by atoms with E-state index >= 15 is 0 Å². The van der Waals surface area contributed by atoms with E-state index in [4.69, 9.17) is 9.72 Å². The Balaban J connectivity index is 2.00.